The van der Waals surface area contributed by atoms with E-state index in [0.29, 0.717) is 22.0 Å². The Balaban J connectivity index is 2.83. The summed E-state index contributed by atoms with van der Waals surface area (Å²) in [5, 5.41) is 11.9. The third-order valence-corrected chi connectivity index (χ3v) is 4.46. The summed E-state index contributed by atoms with van der Waals surface area (Å²) in [4.78, 5) is 23.4. The number of hydrogen-bond donors (Lipinski definition) is 2. The maximum absolute atomic E-state index is 13.0. The van der Waals surface area contributed by atoms with Gasteiger partial charge in [0.2, 0.25) is 0 Å². The van der Waals surface area contributed by atoms with Crippen molar-refractivity contribution in [1.82, 2.24) is 5.32 Å². The quantitative estimate of drug-likeness (QED) is 0.731. The van der Waals surface area contributed by atoms with Crippen LogP contribution in [-0.2, 0) is 4.79 Å². The van der Waals surface area contributed by atoms with Crippen molar-refractivity contribution in [3.05, 3.63) is 33.1 Å². The summed E-state index contributed by atoms with van der Waals surface area (Å²) >= 11 is 1.88. The second-order valence-corrected chi connectivity index (χ2v) is 5.76. The molecule has 0 unspecified atom stereocenters. The van der Waals surface area contributed by atoms with Gasteiger partial charge in [0.25, 0.3) is 5.91 Å². The summed E-state index contributed by atoms with van der Waals surface area (Å²) in [5.41, 5.74) is -0.611. The van der Waals surface area contributed by atoms with Gasteiger partial charge in [-0.3, -0.25) is 9.59 Å². The number of amides is 1. The van der Waals surface area contributed by atoms with E-state index in [9.17, 15) is 19.1 Å². The van der Waals surface area contributed by atoms with Gasteiger partial charge < -0.3 is 10.4 Å². The number of halogens is 2. The number of carbonyl (C=O) groups excluding carboxylic acids is 1. The zero-order valence-electron chi connectivity index (χ0n) is 11.4. The van der Waals surface area contributed by atoms with E-state index < -0.39 is 17.2 Å². The largest absolute Gasteiger partial charge is 0.481 e. The van der Waals surface area contributed by atoms with Gasteiger partial charge in [0.1, 0.15) is 5.82 Å². The first kappa shape index (κ1) is 16.9. The van der Waals surface area contributed by atoms with Crippen LogP contribution in [0.25, 0.3) is 0 Å². The van der Waals surface area contributed by atoms with Gasteiger partial charge in [-0.15, -0.1) is 0 Å². The second-order valence-electron chi connectivity index (χ2n) is 4.60. The normalized spacial score (nSPS) is 11.2. The Morgan fingerprint density at radius 1 is 1.35 bits per heavy atom. The van der Waals surface area contributed by atoms with Gasteiger partial charge >= 0.3 is 5.97 Å². The molecule has 1 aromatic carbocycles. The number of carboxylic acids is 1. The molecule has 0 aliphatic rings. The fraction of sp³-hybridized carbons (Fsp3) is 0.429. The summed E-state index contributed by atoms with van der Waals surface area (Å²) in [7, 11) is 0. The van der Waals surface area contributed by atoms with E-state index in [1.54, 1.807) is 13.8 Å². The summed E-state index contributed by atoms with van der Waals surface area (Å²) in [6.45, 7) is 3.62. The lowest BCUT2D eigenvalue weighted by Gasteiger charge is -2.26. The van der Waals surface area contributed by atoms with Crippen LogP contribution in [0.5, 0.6) is 0 Å². The molecule has 20 heavy (non-hydrogen) atoms. The Hall–Kier alpha value is -1.18. The molecule has 0 bridgehead atoms. The van der Waals surface area contributed by atoms with Crippen LogP contribution in [0.2, 0.25) is 0 Å². The first-order valence-electron chi connectivity index (χ1n) is 6.33. The SMILES string of the molecule is CCC(CC)(CNC(=O)c1ccc(F)cc1I)C(=O)O. The van der Waals surface area contributed by atoms with E-state index in [1.807, 2.05) is 22.6 Å². The predicted octanol–water partition coefficient (Wildman–Crippen LogP) is 3.05. The number of nitrogens with one attached hydrogen (secondary N) is 1. The lowest BCUT2D eigenvalue weighted by molar-refractivity contribution is -0.149. The maximum atomic E-state index is 13.0. The molecule has 0 aliphatic heterocycles. The molecule has 0 spiro atoms. The second kappa shape index (κ2) is 7.01. The van der Waals surface area contributed by atoms with Crippen molar-refractivity contribution in [1.29, 1.82) is 0 Å². The highest BCUT2D eigenvalue weighted by atomic mass is 127. The number of hydrogen-bond acceptors (Lipinski definition) is 2. The van der Waals surface area contributed by atoms with Gasteiger partial charge in [-0.25, -0.2) is 4.39 Å². The first-order valence-corrected chi connectivity index (χ1v) is 7.41. The third-order valence-electron chi connectivity index (χ3n) is 3.57. The van der Waals surface area contributed by atoms with Crippen molar-refractivity contribution in [2.75, 3.05) is 6.54 Å². The van der Waals surface area contributed by atoms with E-state index in [4.69, 9.17) is 0 Å². The average molecular weight is 393 g/mol. The molecular formula is C14H17FINO3. The zero-order valence-corrected chi connectivity index (χ0v) is 13.5. The lowest BCUT2D eigenvalue weighted by Crippen LogP contribution is -2.42. The van der Waals surface area contributed by atoms with Gasteiger partial charge in [0.15, 0.2) is 0 Å². The number of benzene rings is 1. The molecule has 0 fully saturated rings. The van der Waals surface area contributed by atoms with E-state index in [0.717, 1.165) is 0 Å². The number of carboxylic acid groups (broad SMARTS) is 1. The van der Waals surface area contributed by atoms with Crippen molar-refractivity contribution in [3.8, 4) is 0 Å². The van der Waals surface area contributed by atoms with Gasteiger partial charge in [-0.05, 0) is 53.6 Å². The molecular weight excluding hydrogens is 376 g/mol. The minimum atomic E-state index is -0.957. The van der Waals surface area contributed by atoms with Gasteiger partial charge in [-0.1, -0.05) is 13.8 Å². The highest BCUT2D eigenvalue weighted by Crippen LogP contribution is 2.26. The molecule has 1 aromatic rings. The number of rotatable bonds is 6. The predicted molar refractivity (Wildman–Crippen MR) is 82.1 cm³/mol. The van der Waals surface area contributed by atoms with E-state index in [1.165, 1.54) is 18.2 Å². The summed E-state index contributed by atoms with van der Waals surface area (Å²) in [6.07, 6.45) is 0.860. The van der Waals surface area contributed by atoms with Crippen LogP contribution in [0.15, 0.2) is 18.2 Å². The van der Waals surface area contributed by atoms with Crippen LogP contribution >= 0.6 is 22.6 Å². The van der Waals surface area contributed by atoms with Gasteiger partial charge in [0, 0.05) is 10.1 Å². The number of aliphatic carboxylic acids is 1. The van der Waals surface area contributed by atoms with Crippen molar-refractivity contribution < 1.29 is 19.1 Å². The van der Waals surface area contributed by atoms with Crippen LogP contribution in [0.4, 0.5) is 4.39 Å². The van der Waals surface area contributed by atoms with E-state index >= 15 is 0 Å². The molecule has 6 heteroatoms. The van der Waals surface area contributed by atoms with Crippen molar-refractivity contribution >= 4 is 34.5 Å². The van der Waals surface area contributed by atoms with Crippen LogP contribution < -0.4 is 5.32 Å². The molecule has 0 atom stereocenters. The van der Waals surface area contributed by atoms with E-state index in [-0.39, 0.29) is 12.5 Å². The fourth-order valence-electron chi connectivity index (χ4n) is 1.90. The molecule has 2 N–H and O–H groups in total. The molecule has 0 saturated heterocycles. The summed E-state index contributed by atoms with van der Waals surface area (Å²) in [5.74, 6) is -1.72. The van der Waals surface area contributed by atoms with Crippen LogP contribution in [-0.4, -0.2) is 23.5 Å². The molecule has 0 heterocycles. The van der Waals surface area contributed by atoms with Crippen LogP contribution in [0.1, 0.15) is 37.0 Å². The lowest BCUT2D eigenvalue weighted by atomic mass is 9.82. The Morgan fingerprint density at radius 2 is 1.95 bits per heavy atom. The molecule has 0 aliphatic carbocycles. The Labute approximate surface area is 130 Å². The van der Waals surface area contributed by atoms with Crippen LogP contribution in [0, 0.1) is 14.8 Å². The van der Waals surface area contributed by atoms with E-state index in [2.05, 4.69) is 5.32 Å². The maximum Gasteiger partial charge on any atom is 0.311 e. The first-order chi connectivity index (χ1) is 9.36. The Morgan fingerprint density at radius 3 is 2.40 bits per heavy atom. The summed E-state index contributed by atoms with van der Waals surface area (Å²) < 4.78 is 13.5. The molecule has 0 aromatic heterocycles. The molecule has 1 rings (SSSR count). The average Bonchev–Trinajstić information content (AvgIpc) is 2.39. The third kappa shape index (κ3) is 3.68. The Bertz CT molecular complexity index is 515. The molecule has 110 valence electrons. The minimum absolute atomic E-state index is 0.0572. The number of carbonyl (C=O) groups is 2. The molecule has 4 nitrogen and oxygen atoms in total. The van der Waals surface area contributed by atoms with Crippen molar-refractivity contribution in [2.45, 2.75) is 26.7 Å². The summed E-state index contributed by atoms with van der Waals surface area (Å²) in [6, 6.07) is 3.87. The zero-order chi connectivity index (χ0) is 15.3. The van der Waals surface area contributed by atoms with Crippen molar-refractivity contribution in [2.24, 2.45) is 5.41 Å². The molecule has 1 amide bonds. The van der Waals surface area contributed by atoms with Gasteiger partial charge in [0.05, 0.1) is 11.0 Å². The van der Waals surface area contributed by atoms with Crippen LogP contribution in [0.3, 0.4) is 0 Å². The minimum Gasteiger partial charge on any atom is -0.481 e. The Kier molecular flexibility index (Phi) is 5.91. The van der Waals surface area contributed by atoms with Crippen molar-refractivity contribution in [3.63, 3.8) is 0 Å². The molecule has 0 saturated carbocycles. The monoisotopic (exact) mass is 393 g/mol. The standard InChI is InChI=1S/C14H17FINO3/c1-3-14(4-2,13(19)20)8-17-12(18)10-6-5-9(15)7-11(10)16/h5-7H,3-4,8H2,1-2H3,(H,17,18)(H,19,20). The van der Waals surface area contributed by atoms with Gasteiger partial charge in [-0.2, -0.15) is 0 Å². The highest BCUT2D eigenvalue weighted by molar-refractivity contribution is 14.1. The smallest absolute Gasteiger partial charge is 0.311 e. The fourth-order valence-corrected chi connectivity index (χ4v) is 2.62. The highest BCUT2D eigenvalue weighted by Gasteiger charge is 2.35. The topological polar surface area (TPSA) is 66.4 Å². The molecule has 0 radical (unpaired) electrons.